The number of benzene rings is 1. The molecule has 0 spiro atoms. The second-order valence-corrected chi connectivity index (χ2v) is 14.8. The third-order valence-electron chi connectivity index (χ3n) is 6.63. The zero-order valence-electron chi connectivity index (χ0n) is 24.1. The van der Waals surface area contributed by atoms with Crippen molar-refractivity contribution < 1.29 is 33.3 Å². The average molecular weight is 548 g/mol. The predicted molar refractivity (Wildman–Crippen MR) is 148 cm³/mol. The number of ether oxygens (including phenoxy) is 3. The summed E-state index contributed by atoms with van der Waals surface area (Å²) in [6.07, 6.45) is -2.60. The Kier molecular flexibility index (Phi) is 10.1. The summed E-state index contributed by atoms with van der Waals surface area (Å²) in [4.78, 5) is 26.0. The van der Waals surface area contributed by atoms with Crippen LogP contribution >= 0.6 is 0 Å². The third kappa shape index (κ3) is 8.31. The third-order valence-corrected chi connectivity index (χ3v) is 7.49. The van der Waals surface area contributed by atoms with Gasteiger partial charge in [0.25, 0.3) is 0 Å². The molecule has 2 fully saturated rings. The van der Waals surface area contributed by atoms with Gasteiger partial charge in [-0.1, -0.05) is 44.2 Å². The summed E-state index contributed by atoms with van der Waals surface area (Å²) in [5.74, 6) is -0.357. The molecule has 0 bridgehead atoms. The lowest BCUT2D eigenvalue weighted by Crippen LogP contribution is -2.65. The van der Waals surface area contributed by atoms with E-state index in [1.165, 1.54) is 0 Å². The summed E-state index contributed by atoms with van der Waals surface area (Å²) in [5, 5.41) is 14.7. The number of ketones is 2. The molecule has 0 aromatic heterocycles. The molecule has 2 N–H and O–H groups in total. The van der Waals surface area contributed by atoms with Crippen molar-refractivity contribution in [1.82, 2.24) is 5.32 Å². The van der Waals surface area contributed by atoms with E-state index in [1.807, 2.05) is 78.0 Å². The molecule has 212 valence electrons. The quantitative estimate of drug-likeness (QED) is 0.274. The van der Waals surface area contributed by atoms with Crippen LogP contribution in [-0.2, 0) is 34.8 Å². The number of carbonyl (C=O) groups excluding carboxylic acids is 2. The minimum Gasteiger partial charge on any atom is -0.413 e. The molecule has 1 aliphatic heterocycles. The van der Waals surface area contributed by atoms with Crippen LogP contribution in [-0.4, -0.2) is 68.6 Å². The van der Waals surface area contributed by atoms with Gasteiger partial charge in [0.1, 0.15) is 18.2 Å². The van der Waals surface area contributed by atoms with Crippen LogP contribution in [0.1, 0.15) is 59.9 Å². The zero-order chi connectivity index (χ0) is 28.3. The largest absolute Gasteiger partial charge is 0.413 e. The van der Waals surface area contributed by atoms with E-state index in [9.17, 15) is 14.7 Å². The number of Topliss-reactive ketones (excluding diaryl/α,β-unsaturated/α-hetero) is 2. The van der Waals surface area contributed by atoms with Crippen molar-refractivity contribution in [3.63, 3.8) is 0 Å². The monoisotopic (exact) mass is 547 g/mol. The first kappa shape index (κ1) is 30.7. The SMILES string of the molecule is CC(N[C@H]1[C@@H](OCc2ccccc2)O[C@H](COC(C)(C)C)[C@@H](O)[C@@H]1O[SiH](C)C)=C1C(=O)CC(C)(C)CC1=O. The molecule has 1 saturated heterocycles. The van der Waals surface area contributed by atoms with Gasteiger partial charge in [0.05, 0.1) is 30.5 Å². The van der Waals surface area contributed by atoms with Crippen LogP contribution in [0.15, 0.2) is 41.6 Å². The molecule has 1 aromatic rings. The van der Waals surface area contributed by atoms with Crippen molar-refractivity contribution in [3.05, 3.63) is 47.2 Å². The number of carbonyl (C=O) groups is 2. The van der Waals surface area contributed by atoms with Crippen LogP contribution in [0.25, 0.3) is 0 Å². The Labute approximate surface area is 228 Å². The fraction of sp³-hybridized carbons (Fsp3) is 0.655. The summed E-state index contributed by atoms with van der Waals surface area (Å²) >= 11 is 0. The zero-order valence-corrected chi connectivity index (χ0v) is 25.2. The van der Waals surface area contributed by atoms with Gasteiger partial charge in [-0.25, -0.2) is 0 Å². The summed E-state index contributed by atoms with van der Waals surface area (Å²) in [5.41, 5.74) is 0.818. The molecule has 1 heterocycles. The first-order valence-corrected chi connectivity index (χ1v) is 16.3. The van der Waals surface area contributed by atoms with Crippen molar-refractivity contribution in [1.29, 1.82) is 0 Å². The normalized spacial score (nSPS) is 28.1. The molecular formula is C29H45NO7Si. The lowest BCUT2D eigenvalue weighted by Gasteiger charge is -2.46. The predicted octanol–water partition coefficient (Wildman–Crippen LogP) is 3.66. The van der Waals surface area contributed by atoms with Gasteiger partial charge in [0.2, 0.25) is 0 Å². The Morgan fingerprint density at radius 1 is 1.13 bits per heavy atom. The molecule has 0 unspecified atom stereocenters. The van der Waals surface area contributed by atoms with Crippen molar-refractivity contribution in [3.8, 4) is 0 Å². The standard InChI is InChI=1S/C29H45NO7Si/c1-18(23-20(31)14-29(5,6)15-21(23)32)30-24-26(37-38(7)8)25(33)22(17-35-28(2,3)4)36-27(24)34-16-19-12-10-9-11-13-19/h9-13,22,24-27,30,33,38H,14-17H2,1-8H3/t22-,24-,25-,26-,27+/m1/s1. The fourth-order valence-electron chi connectivity index (χ4n) is 4.92. The molecule has 0 amide bonds. The van der Waals surface area contributed by atoms with Gasteiger partial charge in [-0.3, -0.25) is 9.59 Å². The van der Waals surface area contributed by atoms with Gasteiger partial charge in [-0.05, 0) is 51.8 Å². The molecular weight excluding hydrogens is 502 g/mol. The molecule has 9 heteroatoms. The van der Waals surface area contributed by atoms with Crippen molar-refractivity contribution in [2.45, 2.75) is 110 Å². The second kappa shape index (κ2) is 12.5. The summed E-state index contributed by atoms with van der Waals surface area (Å²) in [6.45, 7) is 15.9. The van der Waals surface area contributed by atoms with E-state index >= 15 is 0 Å². The molecule has 38 heavy (non-hydrogen) atoms. The second-order valence-electron chi connectivity index (χ2n) is 12.4. The maximum absolute atomic E-state index is 13.0. The van der Waals surface area contributed by atoms with Crippen molar-refractivity contribution in [2.24, 2.45) is 5.41 Å². The highest BCUT2D eigenvalue weighted by molar-refractivity contribution is 6.48. The number of aliphatic hydroxyl groups is 1. The first-order chi connectivity index (χ1) is 17.7. The minimum atomic E-state index is -1.63. The average Bonchev–Trinajstić information content (AvgIpc) is 2.78. The molecule has 2 aliphatic rings. The number of rotatable bonds is 9. The molecule has 0 radical (unpaired) electrons. The molecule has 1 saturated carbocycles. The van der Waals surface area contributed by atoms with Gasteiger partial charge in [0.15, 0.2) is 26.9 Å². The number of nitrogens with one attached hydrogen (secondary N) is 1. The van der Waals surface area contributed by atoms with Gasteiger partial charge in [-0.15, -0.1) is 0 Å². The van der Waals surface area contributed by atoms with E-state index in [2.05, 4.69) is 5.32 Å². The smallest absolute Gasteiger partial charge is 0.181 e. The fourth-order valence-corrected chi connectivity index (χ4v) is 5.87. The molecule has 1 aliphatic carbocycles. The van der Waals surface area contributed by atoms with Crippen LogP contribution < -0.4 is 5.32 Å². The Morgan fingerprint density at radius 2 is 1.74 bits per heavy atom. The van der Waals surface area contributed by atoms with E-state index in [-0.39, 0.29) is 35.8 Å². The Bertz CT molecular complexity index is 980. The van der Waals surface area contributed by atoms with E-state index in [0.717, 1.165) is 5.56 Å². The van der Waals surface area contributed by atoms with Gasteiger partial charge < -0.3 is 29.1 Å². The molecule has 5 atom stereocenters. The van der Waals surface area contributed by atoms with Crippen LogP contribution in [0.5, 0.6) is 0 Å². The van der Waals surface area contributed by atoms with E-state index in [1.54, 1.807) is 6.92 Å². The van der Waals surface area contributed by atoms with E-state index in [4.69, 9.17) is 18.6 Å². The number of hydrogen-bond donors (Lipinski definition) is 2. The lowest BCUT2D eigenvalue weighted by molar-refractivity contribution is -0.276. The maximum Gasteiger partial charge on any atom is 0.181 e. The van der Waals surface area contributed by atoms with Gasteiger partial charge in [0, 0.05) is 18.5 Å². The van der Waals surface area contributed by atoms with Crippen LogP contribution in [0, 0.1) is 5.41 Å². The first-order valence-electron chi connectivity index (χ1n) is 13.5. The summed E-state index contributed by atoms with van der Waals surface area (Å²) in [7, 11) is -1.63. The number of hydrogen-bond acceptors (Lipinski definition) is 8. The minimum absolute atomic E-state index is 0.161. The van der Waals surface area contributed by atoms with Gasteiger partial charge in [-0.2, -0.15) is 0 Å². The lowest BCUT2D eigenvalue weighted by atomic mass is 9.73. The van der Waals surface area contributed by atoms with Gasteiger partial charge >= 0.3 is 0 Å². The summed E-state index contributed by atoms with van der Waals surface area (Å²) in [6, 6.07) is 9.08. The number of aliphatic hydroxyl groups excluding tert-OH is 1. The summed E-state index contributed by atoms with van der Waals surface area (Å²) < 4.78 is 24.9. The van der Waals surface area contributed by atoms with Crippen LogP contribution in [0.3, 0.4) is 0 Å². The van der Waals surface area contributed by atoms with Crippen LogP contribution in [0.4, 0.5) is 0 Å². The van der Waals surface area contributed by atoms with Crippen molar-refractivity contribution >= 4 is 20.6 Å². The molecule has 1 aromatic carbocycles. The highest BCUT2D eigenvalue weighted by atomic mass is 28.3. The highest BCUT2D eigenvalue weighted by Crippen LogP contribution is 2.35. The maximum atomic E-state index is 13.0. The Balaban J connectivity index is 1.93. The van der Waals surface area contributed by atoms with Crippen molar-refractivity contribution in [2.75, 3.05) is 6.61 Å². The number of allylic oxidation sites excluding steroid dienone is 2. The highest BCUT2D eigenvalue weighted by Gasteiger charge is 2.48. The Hall–Kier alpha value is -1.88. The topological polar surface area (TPSA) is 103 Å². The van der Waals surface area contributed by atoms with E-state index in [0.29, 0.717) is 18.5 Å². The molecule has 8 nitrogen and oxygen atoms in total. The van der Waals surface area contributed by atoms with E-state index < -0.39 is 45.3 Å². The Morgan fingerprint density at radius 3 is 2.29 bits per heavy atom. The molecule has 3 rings (SSSR count). The van der Waals surface area contributed by atoms with Crippen LogP contribution in [0.2, 0.25) is 13.1 Å².